The summed E-state index contributed by atoms with van der Waals surface area (Å²) in [6.07, 6.45) is 15.2. The van der Waals surface area contributed by atoms with Gasteiger partial charge in [0, 0.05) is 78.0 Å². The molecule has 0 bridgehead atoms. The Labute approximate surface area is 413 Å². The highest BCUT2D eigenvalue weighted by Crippen LogP contribution is 2.42. The van der Waals surface area contributed by atoms with Gasteiger partial charge in [-0.2, -0.15) is 4.98 Å². The van der Waals surface area contributed by atoms with E-state index >= 15 is 0 Å². The van der Waals surface area contributed by atoms with Crippen molar-refractivity contribution in [2.45, 2.75) is 64.2 Å². The molecular formula is C48H47BrCl2N12O6. The highest BCUT2D eigenvalue weighted by atomic mass is 79.9. The first-order valence-corrected chi connectivity index (χ1v) is 23.3. The molecule has 10 rings (SSSR count). The van der Waals surface area contributed by atoms with E-state index in [9.17, 15) is 19.2 Å². The van der Waals surface area contributed by atoms with E-state index in [2.05, 4.69) is 51.2 Å². The molecule has 18 nitrogen and oxygen atoms in total. The third kappa shape index (κ3) is 11.3. The van der Waals surface area contributed by atoms with Crippen LogP contribution >= 0.6 is 39.1 Å². The molecule has 2 aliphatic rings. The average molecular weight is 1040 g/mol. The van der Waals surface area contributed by atoms with Gasteiger partial charge in [-0.15, -0.1) is 0 Å². The summed E-state index contributed by atoms with van der Waals surface area (Å²) in [5.74, 6) is 3.44. The standard InChI is InChI=1S/C24H23ClN6O3.C15H12BrClN4O2.C9H12N2O/c1-13(32)8-16-10-17(6-7-26-16)34-19-11-27-22-21(20(19)25)31(3)24(29-22)28-18-9-15(14-4-5-14)12-30(2)23(18)33;1-8(22)5-9-6-10(3-4-18-9)23-11-7-19-14-13(12(11)17)21(2)15(16)20-14;1-11-5-7(6-2-3-6)4-8(10)9(11)12/h6-7,9-12,14H,4-5,8H2,1-3H3,(H,27,28,29);3-4,6-7H,5H2,1-2H3;4-6H,2-3,10H2,1H3. The Kier molecular flexibility index (Phi) is 14.3. The fourth-order valence-corrected chi connectivity index (χ4v) is 8.38. The molecule has 8 aromatic rings. The van der Waals surface area contributed by atoms with E-state index in [1.165, 1.54) is 44.6 Å². The normalized spacial score (nSPS) is 13.1. The molecule has 0 saturated heterocycles. The predicted octanol–water partition coefficient (Wildman–Crippen LogP) is 8.81. The van der Waals surface area contributed by atoms with Crippen LogP contribution in [0.3, 0.4) is 0 Å². The van der Waals surface area contributed by atoms with Crippen molar-refractivity contribution in [3.05, 3.63) is 132 Å². The number of aromatic nitrogens is 10. The number of fused-ring (bicyclic) bond motifs is 2. The minimum atomic E-state index is -0.140. The number of pyridine rings is 6. The fraction of sp³-hybridized carbons (Fsp3) is 0.292. The number of hydrogen-bond acceptors (Lipinski definition) is 14. The number of carbonyl (C=O) groups excluding carboxylic acids is 2. The van der Waals surface area contributed by atoms with Crippen molar-refractivity contribution < 1.29 is 19.1 Å². The Morgan fingerprint density at radius 1 is 0.710 bits per heavy atom. The number of rotatable bonds is 12. The average Bonchev–Trinajstić information content (AvgIpc) is 4.24. The summed E-state index contributed by atoms with van der Waals surface area (Å²) < 4.78 is 19.1. The number of halogens is 3. The Balaban J connectivity index is 0.000000157. The van der Waals surface area contributed by atoms with Gasteiger partial charge in [0.25, 0.3) is 11.1 Å². The highest BCUT2D eigenvalue weighted by molar-refractivity contribution is 9.10. The van der Waals surface area contributed by atoms with Crippen molar-refractivity contribution in [3.63, 3.8) is 0 Å². The molecular weight excluding hydrogens is 991 g/mol. The van der Waals surface area contributed by atoms with Gasteiger partial charge in [0.15, 0.2) is 27.5 Å². The first-order valence-electron chi connectivity index (χ1n) is 21.8. The van der Waals surface area contributed by atoms with Crippen LogP contribution < -0.4 is 31.6 Å². The van der Waals surface area contributed by atoms with Gasteiger partial charge in [-0.05, 0) is 103 Å². The van der Waals surface area contributed by atoms with Crippen LogP contribution in [0.4, 0.5) is 17.3 Å². The molecule has 0 aliphatic heterocycles. The summed E-state index contributed by atoms with van der Waals surface area (Å²) in [6, 6.07) is 10.5. The molecule has 356 valence electrons. The number of anilines is 3. The zero-order valence-corrected chi connectivity index (χ0v) is 41.6. The Hall–Kier alpha value is -6.96. The second-order valence-electron chi connectivity index (χ2n) is 17.0. The van der Waals surface area contributed by atoms with Crippen LogP contribution in [0.1, 0.15) is 73.9 Å². The van der Waals surface area contributed by atoms with Gasteiger partial charge in [0.1, 0.15) is 49.8 Å². The Morgan fingerprint density at radius 2 is 1.19 bits per heavy atom. The van der Waals surface area contributed by atoms with Crippen molar-refractivity contribution in [2.75, 3.05) is 11.1 Å². The zero-order valence-electron chi connectivity index (χ0n) is 38.5. The lowest BCUT2D eigenvalue weighted by atomic mass is 10.2. The maximum Gasteiger partial charge on any atom is 0.274 e. The largest absolute Gasteiger partial charge is 0.454 e. The number of hydrogen-bond donors (Lipinski definition) is 2. The Morgan fingerprint density at radius 3 is 1.68 bits per heavy atom. The molecule has 0 aromatic carbocycles. The number of ether oxygens (including phenoxy) is 2. The molecule has 0 radical (unpaired) electrons. The van der Waals surface area contributed by atoms with E-state index in [4.69, 9.17) is 38.4 Å². The second kappa shape index (κ2) is 20.3. The van der Waals surface area contributed by atoms with Crippen molar-refractivity contribution in [1.29, 1.82) is 0 Å². The molecule has 2 aliphatic carbocycles. The lowest BCUT2D eigenvalue weighted by Crippen LogP contribution is -2.20. The van der Waals surface area contributed by atoms with Gasteiger partial charge in [-0.1, -0.05) is 23.2 Å². The molecule has 0 spiro atoms. The first kappa shape index (κ1) is 48.5. The highest BCUT2D eigenvalue weighted by Gasteiger charge is 2.26. The fourth-order valence-electron chi connectivity index (χ4n) is 7.44. The number of nitrogens with zero attached hydrogens (tertiary/aromatic N) is 10. The molecule has 2 saturated carbocycles. The van der Waals surface area contributed by atoms with Crippen LogP contribution in [0.2, 0.25) is 10.0 Å². The minimum absolute atomic E-state index is 0.0122. The van der Waals surface area contributed by atoms with Crippen molar-refractivity contribution >= 4 is 90.3 Å². The number of Topliss-reactive ketones (excluding diaryl/α,β-unsaturated/α-hetero) is 2. The number of ketones is 2. The topological polar surface area (TPSA) is 222 Å². The number of imidazole rings is 2. The third-order valence-electron chi connectivity index (χ3n) is 11.2. The number of nitrogens with two attached hydrogens (primary N) is 1. The van der Waals surface area contributed by atoms with Gasteiger partial charge >= 0.3 is 0 Å². The van der Waals surface area contributed by atoms with E-state index in [1.54, 1.807) is 82.1 Å². The molecule has 0 amide bonds. The van der Waals surface area contributed by atoms with Crippen LogP contribution in [-0.4, -0.2) is 59.7 Å². The van der Waals surface area contributed by atoms with Gasteiger partial charge < -0.3 is 38.8 Å². The van der Waals surface area contributed by atoms with Crippen LogP contribution in [0.25, 0.3) is 22.3 Å². The first-order chi connectivity index (χ1) is 32.9. The molecule has 69 heavy (non-hydrogen) atoms. The van der Waals surface area contributed by atoms with Gasteiger partial charge in [0.05, 0.1) is 29.5 Å². The summed E-state index contributed by atoms with van der Waals surface area (Å²) >= 11 is 16.4. The molecule has 21 heteroatoms. The SMILES string of the molecule is CC(=O)Cc1cc(Oc2cnc3nc(Br)n(C)c3c2Cl)ccn1.CC(=O)Cc1cc(Oc2cnc3nc(Nc4cc(C5CC5)cn(C)c4=O)n(C)c3c2Cl)ccn1.Cn1cc(C2CC2)cc(N)c1=O. The summed E-state index contributed by atoms with van der Waals surface area (Å²) in [5, 5.41) is 3.90. The Bertz CT molecular complexity index is 3390. The van der Waals surface area contributed by atoms with E-state index < -0.39 is 0 Å². The number of nitrogens with one attached hydrogen (secondary N) is 1. The molecule has 8 aromatic heterocycles. The van der Waals surface area contributed by atoms with Crippen molar-refractivity contribution in [3.8, 4) is 23.0 Å². The number of nitrogen functional groups attached to an aromatic ring is 1. The molecule has 8 heterocycles. The van der Waals surface area contributed by atoms with Crippen LogP contribution in [0, 0.1) is 0 Å². The smallest absolute Gasteiger partial charge is 0.274 e. The molecule has 2 fully saturated rings. The summed E-state index contributed by atoms with van der Waals surface area (Å²) in [6.45, 7) is 3.03. The lowest BCUT2D eigenvalue weighted by molar-refractivity contribution is -0.117. The van der Waals surface area contributed by atoms with Crippen LogP contribution in [-0.2, 0) is 50.6 Å². The van der Waals surface area contributed by atoms with E-state index in [1.807, 2.05) is 25.5 Å². The summed E-state index contributed by atoms with van der Waals surface area (Å²) in [4.78, 5) is 72.2. The van der Waals surface area contributed by atoms with Crippen molar-refractivity contribution in [1.82, 2.24) is 48.2 Å². The molecule has 0 unspecified atom stereocenters. The number of aryl methyl sites for hydroxylation is 4. The van der Waals surface area contributed by atoms with Gasteiger partial charge in [0.2, 0.25) is 5.95 Å². The monoisotopic (exact) mass is 1040 g/mol. The van der Waals surface area contributed by atoms with Crippen molar-refractivity contribution in [2.24, 2.45) is 28.2 Å². The molecule has 3 N–H and O–H groups in total. The molecule has 0 atom stereocenters. The maximum absolute atomic E-state index is 12.7. The quantitative estimate of drug-likeness (QED) is 0.117. The predicted molar refractivity (Wildman–Crippen MR) is 267 cm³/mol. The number of carbonyl (C=O) groups is 2. The van der Waals surface area contributed by atoms with Gasteiger partial charge in [-0.25, -0.2) is 15.0 Å². The lowest BCUT2D eigenvalue weighted by Gasteiger charge is -2.11. The van der Waals surface area contributed by atoms with E-state index in [-0.39, 0.29) is 35.5 Å². The summed E-state index contributed by atoms with van der Waals surface area (Å²) in [5.41, 5.74) is 11.9. The van der Waals surface area contributed by atoms with E-state index in [0.29, 0.717) is 101 Å². The van der Waals surface area contributed by atoms with E-state index in [0.717, 1.165) is 18.4 Å². The van der Waals surface area contributed by atoms with Crippen LogP contribution in [0.15, 0.2) is 87.9 Å². The summed E-state index contributed by atoms with van der Waals surface area (Å²) in [7, 11) is 7.11. The minimum Gasteiger partial charge on any atom is -0.454 e. The second-order valence-corrected chi connectivity index (χ2v) is 18.5. The third-order valence-corrected chi connectivity index (χ3v) is 12.7. The van der Waals surface area contributed by atoms with Gasteiger partial charge in [-0.3, -0.25) is 29.1 Å². The zero-order chi connectivity index (χ0) is 49.3. The van der Waals surface area contributed by atoms with Crippen LogP contribution in [0.5, 0.6) is 23.0 Å². The maximum atomic E-state index is 12.7.